The highest BCUT2D eigenvalue weighted by Crippen LogP contribution is 2.46. The molecule has 0 aliphatic heterocycles. The van der Waals surface area contributed by atoms with Gasteiger partial charge in [0.1, 0.15) is 5.69 Å². The van der Waals surface area contributed by atoms with Crippen LogP contribution in [0.5, 0.6) is 0 Å². The van der Waals surface area contributed by atoms with Crippen molar-refractivity contribution in [2.24, 2.45) is 0 Å². The highest BCUT2D eigenvalue weighted by atomic mass is 32.1. The fourth-order valence-corrected chi connectivity index (χ4v) is 10.6. The van der Waals surface area contributed by atoms with E-state index in [1.807, 2.05) is 11.3 Å². The van der Waals surface area contributed by atoms with Crippen molar-refractivity contribution in [1.29, 1.82) is 0 Å². The number of thiophene rings is 1. The van der Waals surface area contributed by atoms with Crippen LogP contribution in [0.25, 0.3) is 124 Å². The summed E-state index contributed by atoms with van der Waals surface area (Å²) in [6, 6.07) is 64.1. The molecule has 0 unspecified atom stereocenters. The minimum atomic E-state index is 0.825. The molecule has 0 amide bonds. The minimum Gasteiger partial charge on any atom is -0.292 e. The molecule has 0 saturated carbocycles. The third-order valence-electron chi connectivity index (χ3n) is 11.9. The molecule has 0 radical (unpaired) electrons. The molecule has 13 rings (SSSR count). The molecule has 4 heteroatoms. The molecule has 56 heavy (non-hydrogen) atoms. The summed E-state index contributed by atoms with van der Waals surface area (Å²) in [5.74, 6) is 0.825. The first-order valence-electron chi connectivity index (χ1n) is 19.1. The molecule has 3 heterocycles. The normalized spacial score (nSPS) is 12.3. The molecule has 0 fully saturated rings. The van der Waals surface area contributed by atoms with E-state index in [4.69, 9.17) is 9.97 Å². The zero-order valence-corrected chi connectivity index (χ0v) is 30.8. The summed E-state index contributed by atoms with van der Waals surface area (Å²) in [7, 11) is 0. The van der Waals surface area contributed by atoms with Crippen molar-refractivity contribution in [3.8, 4) is 17.1 Å². The fourth-order valence-electron chi connectivity index (χ4n) is 9.49. The Kier molecular flexibility index (Phi) is 6.04. The second-order valence-electron chi connectivity index (χ2n) is 14.8. The molecular formula is C52H29N3S. The maximum atomic E-state index is 5.65. The van der Waals surface area contributed by atoms with Gasteiger partial charge in [-0.3, -0.25) is 4.57 Å². The van der Waals surface area contributed by atoms with Crippen LogP contribution < -0.4 is 0 Å². The Hall–Kier alpha value is -7.14. The van der Waals surface area contributed by atoms with Gasteiger partial charge in [0.15, 0.2) is 5.82 Å². The van der Waals surface area contributed by atoms with E-state index in [0.717, 1.165) is 49.9 Å². The van der Waals surface area contributed by atoms with Gasteiger partial charge in [-0.1, -0.05) is 140 Å². The lowest BCUT2D eigenvalue weighted by Gasteiger charge is -2.15. The minimum absolute atomic E-state index is 0.825. The van der Waals surface area contributed by atoms with Gasteiger partial charge < -0.3 is 0 Å². The predicted octanol–water partition coefficient (Wildman–Crippen LogP) is 14.5. The summed E-state index contributed by atoms with van der Waals surface area (Å²) < 4.78 is 4.95. The van der Waals surface area contributed by atoms with Crippen molar-refractivity contribution >= 4 is 118 Å². The zero-order chi connectivity index (χ0) is 36.5. The van der Waals surface area contributed by atoms with Crippen molar-refractivity contribution in [2.75, 3.05) is 0 Å². The highest BCUT2D eigenvalue weighted by Gasteiger charge is 2.24. The number of benzene rings is 10. The van der Waals surface area contributed by atoms with E-state index in [0.29, 0.717) is 0 Å². The topological polar surface area (TPSA) is 30.7 Å². The second kappa shape index (κ2) is 11.2. The van der Waals surface area contributed by atoms with Gasteiger partial charge in [0, 0.05) is 47.3 Å². The van der Waals surface area contributed by atoms with E-state index >= 15 is 0 Å². The van der Waals surface area contributed by atoms with Crippen LogP contribution in [-0.2, 0) is 0 Å². The number of nitrogens with zero attached hydrogens (tertiary/aromatic N) is 3. The average molecular weight is 728 g/mol. The van der Waals surface area contributed by atoms with Crippen molar-refractivity contribution in [2.45, 2.75) is 0 Å². The van der Waals surface area contributed by atoms with Crippen molar-refractivity contribution in [1.82, 2.24) is 14.5 Å². The first-order chi connectivity index (χ1) is 27.8. The Morgan fingerprint density at radius 3 is 1.75 bits per heavy atom. The fraction of sp³-hybridized carbons (Fsp3) is 0. The summed E-state index contributed by atoms with van der Waals surface area (Å²) in [6.07, 6.45) is 0. The molecule has 0 N–H and O–H groups in total. The lowest BCUT2D eigenvalue weighted by Crippen LogP contribution is -2.04. The molecule has 0 aliphatic rings. The van der Waals surface area contributed by atoms with Crippen LogP contribution in [0.4, 0.5) is 0 Å². The number of hydrogen-bond donors (Lipinski definition) is 0. The lowest BCUT2D eigenvalue weighted by molar-refractivity contribution is 1.08. The standard InChI is InChI=1S/C52H29N3S/c1-3-13-33-30(11-1)22-26-43-48(33)49-44(27-24-40-37-17-6-5-15-35(37)36-16-7-8-19-39(36)47(40)49)55(43)52-50(54-51-34-14-4-2-12-31(34)21-25-42(51)53-52)32-23-28-46-41(29-32)38-18-9-10-20-45(38)56-46/h1-29H. The van der Waals surface area contributed by atoms with E-state index < -0.39 is 0 Å². The molecule has 3 aromatic heterocycles. The Morgan fingerprint density at radius 1 is 0.375 bits per heavy atom. The molecule has 10 aromatic carbocycles. The van der Waals surface area contributed by atoms with Crippen molar-refractivity contribution in [3.63, 3.8) is 0 Å². The molecule has 0 spiro atoms. The number of fused-ring (bicyclic) bond motifs is 18. The van der Waals surface area contributed by atoms with Crippen LogP contribution in [0.2, 0.25) is 0 Å². The maximum Gasteiger partial charge on any atom is 0.165 e. The van der Waals surface area contributed by atoms with Gasteiger partial charge in [0.25, 0.3) is 0 Å². The molecule has 0 bridgehead atoms. The van der Waals surface area contributed by atoms with Crippen LogP contribution in [-0.4, -0.2) is 14.5 Å². The van der Waals surface area contributed by atoms with Crippen LogP contribution in [0.3, 0.4) is 0 Å². The van der Waals surface area contributed by atoms with Gasteiger partial charge in [-0.05, 0) is 79.5 Å². The lowest BCUT2D eigenvalue weighted by atomic mass is 9.91. The first kappa shape index (κ1) is 30.2. The second-order valence-corrected chi connectivity index (χ2v) is 15.9. The van der Waals surface area contributed by atoms with Crippen LogP contribution in [0.15, 0.2) is 176 Å². The Bertz CT molecular complexity index is 3800. The first-order valence-corrected chi connectivity index (χ1v) is 19.9. The average Bonchev–Trinajstić information content (AvgIpc) is 3.81. The molecule has 0 saturated heterocycles. The van der Waals surface area contributed by atoms with E-state index in [2.05, 4.69) is 180 Å². The van der Waals surface area contributed by atoms with Gasteiger partial charge >= 0.3 is 0 Å². The van der Waals surface area contributed by atoms with Gasteiger partial charge in [0.2, 0.25) is 0 Å². The third kappa shape index (κ3) is 4.06. The van der Waals surface area contributed by atoms with Gasteiger partial charge in [-0.2, -0.15) is 0 Å². The molecular weight excluding hydrogens is 699 g/mol. The van der Waals surface area contributed by atoms with Gasteiger partial charge in [-0.15, -0.1) is 11.3 Å². The van der Waals surface area contributed by atoms with E-state index in [-0.39, 0.29) is 0 Å². The summed E-state index contributed by atoms with van der Waals surface area (Å²) in [5, 5.41) is 17.3. The number of hydrogen-bond acceptors (Lipinski definition) is 3. The van der Waals surface area contributed by atoms with Crippen LogP contribution in [0.1, 0.15) is 0 Å². The summed E-state index contributed by atoms with van der Waals surface area (Å²) in [5.41, 5.74) is 5.92. The summed E-state index contributed by atoms with van der Waals surface area (Å²) in [6.45, 7) is 0. The quantitative estimate of drug-likeness (QED) is 0.166. The Morgan fingerprint density at radius 2 is 0.946 bits per heavy atom. The Balaban J connectivity index is 1.25. The summed E-state index contributed by atoms with van der Waals surface area (Å²) in [4.78, 5) is 11.3. The largest absolute Gasteiger partial charge is 0.292 e. The van der Waals surface area contributed by atoms with Crippen molar-refractivity contribution in [3.05, 3.63) is 176 Å². The van der Waals surface area contributed by atoms with E-state index in [9.17, 15) is 0 Å². The molecule has 3 nitrogen and oxygen atoms in total. The number of aromatic nitrogens is 3. The van der Waals surface area contributed by atoms with E-state index in [1.54, 1.807) is 0 Å². The maximum absolute atomic E-state index is 5.65. The van der Waals surface area contributed by atoms with Crippen LogP contribution >= 0.6 is 11.3 Å². The molecule has 13 aromatic rings. The third-order valence-corrected chi connectivity index (χ3v) is 13.1. The molecule has 258 valence electrons. The summed E-state index contributed by atoms with van der Waals surface area (Å²) >= 11 is 1.84. The van der Waals surface area contributed by atoms with Gasteiger partial charge in [0.05, 0.1) is 22.1 Å². The van der Waals surface area contributed by atoms with Gasteiger partial charge in [-0.25, -0.2) is 9.97 Å². The monoisotopic (exact) mass is 727 g/mol. The molecule has 0 aliphatic carbocycles. The highest BCUT2D eigenvalue weighted by molar-refractivity contribution is 7.25. The smallest absolute Gasteiger partial charge is 0.165 e. The molecule has 0 atom stereocenters. The number of rotatable bonds is 2. The predicted molar refractivity (Wildman–Crippen MR) is 240 cm³/mol. The van der Waals surface area contributed by atoms with Crippen LogP contribution in [0, 0.1) is 0 Å². The Labute approximate surface area is 324 Å². The zero-order valence-electron chi connectivity index (χ0n) is 30.0. The van der Waals surface area contributed by atoms with E-state index in [1.165, 1.54) is 74.0 Å². The SMILES string of the molecule is c1ccc2c(c1)ccc1nc(-n3c4ccc5ccccc5c4c4c5c6ccccc6c6ccccc6c5ccc43)c(-c3ccc4sc5ccccc5c4c3)nc12. The van der Waals surface area contributed by atoms with Crippen molar-refractivity contribution < 1.29 is 0 Å².